The van der Waals surface area contributed by atoms with Crippen molar-refractivity contribution < 1.29 is 9.18 Å². The van der Waals surface area contributed by atoms with Crippen LogP contribution in [0.2, 0.25) is 0 Å². The number of rotatable bonds is 1. The largest absolute Gasteiger partial charge is 0.345 e. The molecular formula is C18H18FNO. The Morgan fingerprint density at radius 1 is 1.10 bits per heavy atom. The third-order valence-corrected chi connectivity index (χ3v) is 4.90. The maximum atomic E-state index is 13.3. The fourth-order valence-electron chi connectivity index (χ4n) is 3.80. The summed E-state index contributed by atoms with van der Waals surface area (Å²) in [6.07, 6.45) is 8.79. The SMILES string of the molecule is O=C1C=C2C=C(N3CCc4cc(F)ccc43)CCC2CC1. The molecule has 1 aromatic carbocycles. The number of allylic oxidation sites excluding steroid dienone is 4. The minimum atomic E-state index is -0.158. The molecule has 1 aromatic rings. The van der Waals surface area contributed by atoms with E-state index in [-0.39, 0.29) is 11.6 Å². The molecule has 1 heterocycles. The van der Waals surface area contributed by atoms with Crippen LogP contribution in [-0.2, 0) is 11.2 Å². The number of fused-ring (bicyclic) bond motifs is 2. The van der Waals surface area contributed by atoms with Gasteiger partial charge >= 0.3 is 0 Å². The summed E-state index contributed by atoms with van der Waals surface area (Å²) in [7, 11) is 0. The summed E-state index contributed by atoms with van der Waals surface area (Å²) < 4.78 is 13.3. The monoisotopic (exact) mass is 283 g/mol. The lowest BCUT2D eigenvalue weighted by Crippen LogP contribution is -2.25. The third-order valence-electron chi connectivity index (χ3n) is 4.90. The van der Waals surface area contributed by atoms with Crippen LogP contribution in [0.4, 0.5) is 10.1 Å². The van der Waals surface area contributed by atoms with E-state index in [1.807, 2.05) is 12.1 Å². The van der Waals surface area contributed by atoms with E-state index in [0.717, 1.165) is 43.5 Å². The Morgan fingerprint density at radius 2 is 1.95 bits per heavy atom. The quantitative estimate of drug-likeness (QED) is 0.782. The van der Waals surface area contributed by atoms with Crippen molar-refractivity contribution in [2.24, 2.45) is 5.92 Å². The maximum absolute atomic E-state index is 13.3. The molecule has 0 radical (unpaired) electrons. The normalized spacial score (nSPS) is 24.3. The van der Waals surface area contributed by atoms with E-state index in [4.69, 9.17) is 0 Å². The highest BCUT2D eigenvalue weighted by Gasteiger charge is 2.29. The fourth-order valence-corrected chi connectivity index (χ4v) is 3.80. The summed E-state index contributed by atoms with van der Waals surface area (Å²) in [6, 6.07) is 5.06. The van der Waals surface area contributed by atoms with Gasteiger partial charge in [-0.1, -0.05) is 0 Å². The molecule has 0 aromatic heterocycles. The fraction of sp³-hybridized carbons (Fsp3) is 0.389. The van der Waals surface area contributed by atoms with Crippen molar-refractivity contribution in [3.05, 3.63) is 53.0 Å². The molecule has 0 N–H and O–H groups in total. The third kappa shape index (κ3) is 2.21. The van der Waals surface area contributed by atoms with Crippen molar-refractivity contribution in [1.82, 2.24) is 0 Å². The second kappa shape index (κ2) is 4.83. The zero-order valence-electron chi connectivity index (χ0n) is 11.9. The van der Waals surface area contributed by atoms with Gasteiger partial charge in [-0.3, -0.25) is 4.79 Å². The van der Waals surface area contributed by atoms with E-state index in [1.54, 1.807) is 6.07 Å². The molecule has 1 atom stereocenters. The average Bonchev–Trinajstić information content (AvgIpc) is 2.89. The molecule has 2 nitrogen and oxygen atoms in total. The van der Waals surface area contributed by atoms with Gasteiger partial charge in [0.25, 0.3) is 0 Å². The Labute approximate surface area is 124 Å². The van der Waals surface area contributed by atoms with Gasteiger partial charge in [0.2, 0.25) is 0 Å². The first kappa shape index (κ1) is 12.8. The molecule has 1 unspecified atom stereocenters. The smallest absolute Gasteiger partial charge is 0.155 e. The van der Waals surface area contributed by atoms with Gasteiger partial charge < -0.3 is 4.90 Å². The van der Waals surface area contributed by atoms with Crippen LogP contribution in [-0.4, -0.2) is 12.3 Å². The molecular weight excluding hydrogens is 265 g/mol. The molecule has 0 saturated heterocycles. The summed E-state index contributed by atoms with van der Waals surface area (Å²) in [5, 5.41) is 0. The molecule has 3 heteroatoms. The molecule has 21 heavy (non-hydrogen) atoms. The van der Waals surface area contributed by atoms with E-state index in [1.165, 1.54) is 17.3 Å². The molecule has 0 saturated carbocycles. The standard InChI is InChI=1S/C18H18FNO/c19-15-3-6-18-13(9-15)7-8-20(18)16-4-1-12-2-5-17(21)11-14(12)10-16/h3,6,9-12H,1-2,4-5,7-8H2. The predicted octanol–water partition coefficient (Wildman–Crippen LogP) is 3.77. The van der Waals surface area contributed by atoms with Gasteiger partial charge in [0.1, 0.15) is 5.82 Å². The molecule has 0 amide bonds. The van der Waals surface area contributed by atoms with Gasteiger partial charge in [-0.15, -0.1) is 0 Å². The van der Waals surface area contributed by atoms with Crippen LogP contribution in [0.25, 0.3) is 0 Å². The first-order chi connectivity index (χ1) is 10.2. The highest BCUT2D eigenvalue weighted by Crippen LogP contribution is 2.39. The molecule has 1 aliphatic heterocycles. The summed E-state index contributed by atoms with van der Waals surface area (Å²) in [5.41, 5.74) is 4.69. The molecule has 0 bridgehead atoms. The van der Waals surface area contributed by atoms with Crippen LogP contribution in [0.15, 0.2) is 41.6 Å². The van der Waals surface area contributed by atoms with E-state index >= 15 is 0 Å². The van der Waals surface area contributed by atoms with E-state index < -0.39 is 0 Å². The minimum absolute atomic E-state index is 0.158. The van der Waals surface area contributed by atoms with Crippen molar-refractivity contribution >= 4 is 11.5 Å². The first-order valence-corrected chi connectivity index (χ1v) is 7.72. The number of ketones is 1. The zero-order chi connectivity index (χ0) is 14.4. The number of hydrogen-bond acceptors (Lipinski definition) is 2. The summed E-state index contributed by atoms with van der Waals surface area (Å²) in [6.45, 7) is 0.913. The van der Waals surface area contributed by atoms with Crippen LogP contribution in [0.3, 0.4) is 0 Å². The average molecular weight is 283 g/mol. The second-order valence-electron chi connectivity index (χ2n) is 6.20. The molecule has 108 valence electrons. The lowest BCUT2D eigenvalue weighted by molar-refractivity contribution is -0.115. The Bertz CT molecular complexity index is 674. The van der Waals surface area contributed by atoms with Crippen LogP contribution >= 0.6 is 0 Å². The summed E-state index contributed by atoms with van der Waals surface area (Å²) in [5.74, 6) is 0.651. The van der Waals surface area contributed by atoms with Gasteiger partial charge in [0, 0.05) is 24.4 Å². The summed E-state index contributed by atoms with van der Waals surface area (Å²) in [4.78, 5) is 13.9. The van der Waals surface area contributed by atoms with E-state index in [9.17, 15) is 9.18 Å². The van der Waals surface area contributed by atoms with Gasteiger partial charge in [-0.2, -0.15) is 0 Å². The molecule has 0 fully saturated rings. The highest BCUT2D eigenvalue weighted by atomic mass is 19.1. The Morgan fingerprint density at radius 3 is 2.86 bits per heavy atom. The number of hydrogen-bond donors (Lipinski definition) is 0. The zero-order valence-corrected chi connectivity index (χ0v) is 11.9. The lowest BCUT2D eigenvalue weighted by atomic mass is 9.79. The molecule has 0 spiro atoms. The lowest BCUT2D eigenvalue weighted by Gasteiger charge is -2.32. The number of halogens is 1. The highest BCUT2D eigenvalue weighted by molar-refractivity contribution is 5.92. The number of carbonyl (C=O) groups is 1. The van der Waals surface area contributed by atoms with Gasteiger partial charge in [0.05, 0.1) is 0 Å². The van der Waals surface area contributed by atoms with Crippen molar-refractivity contribution in [3.63, 3.8) is 0 Å². The van der Waals surface area contributed by atoms with Gasteiger partial charge in [-0.25, -0.2) is 4.39 Å². The van der Waals surface area contributed by atoms with Crippen LogP contribution in [0, 0.1) is 11.7 Å². The summed E-state index contributed by atoms with van der Waals surface area (Å²) >= 11 is 0. The maximum Gasteiger partial charge on any atom is 0.155 e. The Hall–Kier alpha value is -1.90. The molecule has 4 rings (SSSR count). The Kier molecular flexibility index (Phi) is 2.95. The topological polar surface area (TPSA) is 20.3 Å². The van der Waals surface area contributed by atoms with E-state index in [0.29, 0.717) is 12.3 Å². The van der Waals surface area contributed by atoms with Crippen LogP contribution in [0.1, 0.15) is 31.2 Å². The number of anilines is 1. The van der Waals surface area contributed by atoms with Crippen molar-refractivity contribution in [2.75, 3.05) is 11.4 Å². The van der Waals surface area contributed by atoms with E-state index in [2.05, 4.69) is 11.0 Å². The first-order valence-electron chi connectivity index (χ1n) is 7.72. The van der Waals surface area contributed by atoms with Crippen molar-refractivity contribution in [2.45, 2.75) is 32.1 Å². The number of nitrogens with zero attached hydrogens (tertiary/aromatic N) is 1. The second-order valence-corrected chi connectivity index (χ2v) is 6.20. The van der Waals surface area contributed by atoms with Crippen LogP contribution in [0.5, 0.6) is 0 Å². The van der Waals surface area contributed by atoms with Gasteiger partial charge in [0.15, 0.2) is 5.78 Å². The van der Waals surface area contributed by atoms with Crippen molar-refractivity contribution in [3.8, 4) is 0 Å². The number of carbonyl (C=O) groups excluding carboxylic acids is 1. The van der Waals surface area contributed by atoms with Crippen molar-refractivity contribution in [1.29, 1.82) is 0 Å². The molecule has 2 aliphatic carbocycles. The number of benzene rings is 1. The Balaban J connectivity index is 1.68. The van der Waals surface area contributed by atoms with Crippen LogP contribution < -0.4 is 4.90 Å². The molecule has 3 aliphatic rings. The minimum Gasteiger partial charge on any atom is -0.345 e. The predicted molar refractivity (Wildman–Crippen MR) is 80.6 cm³/mol. The van der Waals surface area contributed by atoms with Gasteiger partial charge in [-0.05, 0) is 73.1 Å².